The van der Waals surface area contributed by atoms with Crippen molar-refractivity contribution in [2.45, 2.75) is 25.9 Å². The summed E-state index contributed by atoms with van der Waals surface area (Å²) in [5.41, 5.74) is 3.10. The molecule has 0 atom stereocenters. The quantitative estimate of drug-likeness (QED) is 0.402. The number of halogens is 3. The van der Waals surface area contributed by atoms with Gasteiger partial charge in [-0.1, -0.05) is 18.2 Å². The summed E-state index contributed by atoms with van der Waals surface area (Å²) in [5.74, 6) is -0.517. The summed E-state index contributed by atoms with van der Waals surface area (Å²) < 4.78 is 33.6. The lowest BCUT2D eigenvalue weighted by Crippen LogP contribution is -2.35. The van der Waals surface area contributed by atoms with Crippen LogP contribution in [0, 0.1) is 12.8 Å². The Labute approximate surface area is 211 Å². The van der Waals surface area contributed by atoms with Gasteiger partial charge in [0.1, 0.15) is 11.6 Å². The number of fused-ring (bicyclic) bond motifs is 1. The summed E-state index contributed by atoms with van der Waals surface area (Å²) in [5, 5.41) is 16.2. The Morgan fingerprint density at radius 3 is 2.32 bits per heavy atom. The van der Waals surface area contributed by atoms with Gasteiger partial charge in [-0.2, -0.15) is 18.3 Å². The highest BCUT2D eigenvalue weighted by atomic mass is 19.4. The molecule has 0 saturated carbocycles. The van der Waals surface area contributed by atoms with Crippen LogP contribution in [0.15, 0.2) is 61.1 Å². The largest absolute Gasteiger partial charge is 0.490 e. The van der Waals surface area contributed by atoms with E-state index in [2.05, 4.69) is 42.4 Å². The Morgan fingerprint density at radius 2 is 1.70 bits per heavy atom. The summed E-state index contributed by atoms with van der Waals surface area (Å²) in [7, 11) is 0. The van der Waals surface area contributed by atoms with Crippen LogP contribution in [0.5, 0.6) is 0 Å². The average Bonchev–Trinajstić information content (AvgIpc) is 3.32. The predicted octanol–water partition coefficient (Wildman–Crippen LogP) is 4.48. The SMILES string of the molecule is Cc1nc(NCC2CCN(c3ccncc3)CC2)c2cnn(-c3ccccc3)c2n1.O=C(O)C(F)(F)F. The molecule has 5 rings (SSSR count). The van der Waals surface area contributed by atoms with Crippen LogP contribution >= 0.6 is 0 Å². The van der Waals surface area contributed by atoms with Gasteiger partial charge in [-0.25, -0.2) is 19.4 Å². The number of aromatic nitrogens is 5. The van der Waals surface area contributed by atoms with E-state index in [1.807, 2.05) is 60.5 Å². The first kappa shape index (κ1) is 25.9. The zero-order valence-corrected chi connectivity index (χ0v) is 20.1. The monoisotopic (exact) mass is 513 g/mol. The molecule has 194 valence electrons. The highest BCUT2D eigenvalue weighted by Gasteiger charge is 2.38. The van der Waals surface area contributed by atoms with Crippen molar-refractivity contribution in [2.75, 3.05) is 29.9 Å². The number of carboxylic acid groups (broad SMARTS) is 1. The molecule has 1 fully saturated rings. The fourth-order valence-corrected chi connectivity index (χ4v) is 4.10. The summed E-state index contributed by atoms with van der Waals surface area (Å²) in [6.07, 6.45) is 2.82. The van der Waals surface area contributed by atoms with E-state index >= 15 is 0 Å². The molecule has 0 aliphatic carbocycles. The van der Waals surface area contributed by atoms with Crippen molar-refractivity contribution in [1.29, 1.82) is 0 Å². The van der Waals surface area contributed by atoms with Gasteiger partial charge in [0.05, 0.1) is 17.3 Å². The Morgan fingerprint density at radius 1 is 1.05 bits per heavy atom. The zero-order valence-electron chi connectivity index (χ0n) is 20.1. The molecule has 1 aliphatic heterocycles. The molecule has 0 spiro atoms. The first-order valence-corrected chi connectivity index (χ1v) is 11.7. The number of carbonyl (C=O) groups is 1. The van der Waals surface area contributed by atoms with Crippen LogP contribution in [0.25, 0.3) is 16.7 Å². The smallest absolute Gasteiger partial charge is 0.475 e. The molecular formula is C25H26F3N7O2. The molecule has 9 nitrogen and oxygen atoms in total. The number of piperidine rings is 1. The molecule has 12 heteroatoms. The first-order chi connectivity index (χ1) is 17.7. The highest BCUT2D eigenvalue weighted by molar-refractivity contribution is 5.87. The fourth-order valence-electron chi connectivity index (χ4n) is 4.10. The number of benzene rings is 1. The van der Waals surface area contributed by atoms with Crippen molar-refractivity contribution in [3.63, 3.8) is 0 Å². The van der Waals surface area contributed by atoms with Crippen molar-refractivity contribution in [1.82, 2.24) is 24.7 Å². The maximum atomic E-state index is 10.6. The van der Waals surface area contributed by atoms with Gasteiger partial charge >= 0.3 is 12.1 Å². The molecule has 1 aromatic carbocycles. The summed E-state index contributed by atoms with van der Waals surface area (Å²) in [6.45, 7) is 4.98. The van der Waals surface area contributed by atoms with Crippen molar-refractivity contribution in [3.8, 4) is 5.69 Å². The third-order valence-corrected chi connectivity index (χ3v) is 5.98. The van der Waals surface area contributed by atoms with E-state index in [0.29, 0.717) is 5.92 Å². The van der Waals surface area contributed by atoms with E-state index in [4.69, 9.17) is 9.90 Å². The molecule has 4 aromatic rings. The summed E-state index contributed by atoms with van der Waals surface area (Å²) >= 11 is 0. The lowest BCUT2D eigenvalue weighted by molar-refractivity contribution is -0.192. The van der Waals surface area contributed by atoms with Crippen LogP contribution in [0.3, 0.4) is 0 Å². The third-order valence-electron chi connectivity index (χ3n) is 5.98. The van der Waals surface area contributed by atoms with Crippen LogP contribution in [0.4, 0.5) is 24.7 Å². The average molecular weight is 514 g/mol. The minimum atomic E-state index is -5.08. The number of alkyl halides is 3. The normalized spacial score (nSPS) is 14.2. The molecular weight excluding hydrogens is 487 g/mol. The van der Waals surface area contributed by atoms with Gasteiger partial charge in [0.2, 0.25) is 0 Å². The molecule has 0 radical (unpaired) electrons. The predicted molar refractivity (Wildman–Crippen MR) is 133 cm³/mol. The Bertz CT molecular complexity index is 1320. The minimum absolute atomic E-state index is 0.623. The van der Waals surface area contributed by atoms with Gasteiger partial charge in [0.15, 0.2) is 5.65 Å². The van der Waals surface area contributed by atoms with Crippen LogP contribution in [-0.4, -0.2) is 61.6 Å². The minimum Gasteiger partial charge on any atom is -0.475 e. The lowest BCUT2D eigenvalue weighted by Gasteiger charge is -2.33. The topological polar surface area (TPSA) is 109 Å². The van der Waals surface area contributed by atoms with Crippen LogP contribution in [0.2, 0.25) is 0 Å². The lowest BCUT2D eigenvalue weighted by atomic mass is 9.96. The van der Waals surface area contributed by atoms with Gasteiger partial charge in [-0.3, -0.25) is 4.98 Å². The molecule has 0 unspecified atom stereocenters. The standard InChI is InChI=1S/C23H25N7.C2HF3O2/c1-17-27-22(21-16-26-30(23(21)28-17)20-5-3-2-4-6-20)25-15-18-9-13-29(14-10-18)19-7-11-24-12-8-19;3-2(4,5)1(6)7/h2-8,11-12,16,18H,9-10,13-15H2,1H3,(H,25,27,28);(H,6,7). The second-order valence-corrected chi connectivity index (χ2v) is 8.57. The Balaban J connectivity index is 0.000000405. The number of hydrogen-bond acceptors (Lipinski definition) is 7. The van der Waals surface area contributed by atoms with E-state index in [1.165, 1.54) is 5.69 Å². The van der Waals surface area contributed by atoms with E-state index in [-0.39, 0.29) is 0 Å². The summed E-state index contributed by atoms with van der Waals surface area (Å²) in [6, 6.07) is 14.3. The number of nitrogens with zero attached hydrogens (tertiary/aromatic N) is 6. The van der Waals surface area contributed by atoms with E-state index in [9.17, 15) is 13.2 Å². The Kier molecular flexibility index (Phi) is 7.85. The maximum Gasteiger partial charge on any atom is 0.490 e. The first-order valence-electron chi connectivity index (χ1n) is 11.7. The Hall–Kier alpha value is -4.22. The van der Waals surface area contributed by atoms with Crippen LogP contribution in [0.1, 0.15) is 18.7 Å². The fraction of sp³-hybridized carbons (Fsp3) is 0.320. The second kappa shape index (κ2) is 11.2. The van der Waals surface area contributed by atoms with Gasteiger partial charge in [0.25, 0.3) is 0 Å². The number of rotatable bonds is 5. The summed E-state index contributed by atoms with van der Waals surface area (Å²) in [4.78, 5) is 24.8. The number of para-hydroxylation sites is 1. The molecule has 1 aliphatic rings. The molecule has 1 saturated heterocycles. The van der Waals surface area contributed by atoms with Crippen molar-refractivity contribution in [2.24, 2.45) is 5.92 Å². The number of nitrogens with one attached hydrogen (secondary N) is 1. The molecule has 2 N–H and O–H groups in total. The molecule has 3 aromatic heterocycles. The van der Waals surface area contributed by atoms with E-state index < -0.39 is 12.1 Å². The maximum absolute atomic E-state index is 10.6. The number of aryl methyl sites for hydroxylation is 1. The number of pyridine rings is 1. The van der Waals surface area contributed by atoms with Crippen molar-refractivity contribution >= 4 is 28.5 Å². The van der Waals surface area contributed by atoms with Gasteiger partial charge < -0.3 is 15.3 Å². The zero-order chi connectivity index (χ0) is 26.4. The number of anilines is 2. The van der Waals surface area contributed by atoms with Crippen molar-refractivity contribution in [3.05, 3.63) is 66.9 Å². The van der Waals surface area contributed by atoms with Gasteiger partial charge in [-0.15, -0.1) is 0 Å². The molecule has 37 heavy (non-hydrogen) atoms. The van der Waals surface area contributed by atoms with Crippen LogP contribution < -0.4 is 10.2 Å². The third kappa shape index (κ3) is 6.51. The van der Waals surface area contributed by atoms with Gasteiger partial charge in [0, 0.05) is 37.7 Å². The molecule has 0 amide bonds. The van der Waals surface area contributed by atoms with Gasteiger partial charge in [-0.05, 0) is 49.9 Å². The second-order valence-electron chi connectivity index (χ2n) is 8.57. The van der Waals surface area contributed by atoms with E-state index in [1.54, 1.807) is 0 Å². The van der Waals surface area contributed by atoms with Crippen molar-refractivity contribution < 1.29 is 23.1 Å². The molecule has 4 heterocycles. The number of aliphatic carboxylic acids is 1. The number of hydrogen-bond donors (Lipinski definition) is 2. The van der Waals surface area contributed by atoms with Crippen LogP contribution in [-0.2, 0) is 4.79 Å². The molecule has 0 bridgehead atoms. The van der Waals surface area contributed by atoms with E-state index in [0.717, 1.165) is 60.8 Å². The number of carboxylic acids is 1. The highest BCUT2D eigenvalue weighted by Crippen LogP contribution is 2.26.